The molecule has 0 aliphatic heterocycles. The molecule has 0 fully saturated rings. The third-order valence-electron chi connectivity index (χ3n) is 2.32. The highest BCUT2D eigenvalue weighted by Gasteiger charge is 2.09. The topological polar surface area (TPSA) is 84.3 Å². The number of hydrogen-bond acceptors (Lipinski definition) is 5. The summed E-state index contributed by atoms with van der Waals surface area (Å²) in [6, 6.07) is 1.58. The highest BCUT2D eigenvalue weighted by molar-refractivity contribution is 5.91. The third-order valence-corrected chi connectivity index (χ3v) is 2.32. The minimum atomic E-state index is -0.527. The summed E-state index contributed by atoms with van der Waals surface area (Å²) in [5.74, 6) is 0.0797. The van der Waals surface area contributed by atoms with Crippen LogP contribution in [0.1, 0.15) is 27.2 Å². The van der Waals surface area contributed by atoms with Crippen molar-refractivity contribution in [2.24, 2.45) is 5.92 Å². The summed E-state index contributed by atoms with van der Waals surface area (Å²) in [5, 5.41) is 19.6. The SMILES string of the molecule is CC[C@@H](O)COc1cc(NC(=O)C(C)C)cnn1. The van der Waals surface area contributed by atoms with Crippen LogP contribution in [0.25, 0.3) is 0 Å². The Kier molecular flexibility index (Phi) is 5.51. The first-order valence-corrected chi connectivity index (χ1v) is 5.97. The quantitative estimate of drug-likeness (QED) is 0.796. The number of aliphatic hydroxyl groups excluding tert-OH is 1. The van der Waals surface area contributed by atoms with Gasteiger partial charge in [0, 0.05) is 12.0 Å². The molecule has 6 nitrogen and oxygen atoms in total. The number of aliphatic hydroxyl groups is 1. The van der Waals surface area contributed by atoms with E-state index in [2.05, 4.69) is 15.5 Å². The third kappa shape index (κ3) is 4.67. The first kappa shape index (κ1) is 14.4. The molecule has 1 heterocycles. The fourth-order valence-electron chi connectivity index (χ4n) is 1.07. The molecule has 0 radical (unpaired) electrons. The molecule has 6 heteroatoms. The van der Waals surface area contributed by atoms with Gasteiger partial charge in [-0.05, 0) is 6.42 Å². The Hall–Kier alpha value is -1.69. The molecule has 1 amide bonds. The van der Waals surface area contributed by atoms with Crippen molar-refractivity contribution in [2.45, 2.75) is 33.3 Å². The number of aromatic nitrogens is 2. The van der Waals surface area contributed by atoms with Crippen molar-refractivity contribution < 1.29 is 14.6 Å². The standard InChI is InChI=1S/C12H19N3O3/c1-4-10(16)7-18-11-5-9(6-13-15-11)14-12(17)8(2)3/h5-6,8,10,16H,4,7H2,1-3H3,(H,14,15,17)/t10-/m1/s1. The van der Waals surface area contributed by atoms with E-state index in [1.165, 1.54) is 6.20 Å². The Morgan fingerprint density at radius 2 is 2.28 bits per heavy atom. The number of nitrogens with one attached hydrogen (secondary N) is 1. The number of ether oxygens (including phenoxy) is 1. The summed E-state index contributed by atoms with van der Waals surface area (Å²) in [6.07, 6.45) is 1.53. The normalized spacial score (nSPS) is 12.3. The lowest BCUT2D eigenvalue weighted by Gasteiger charge is -2.10. The van der Waals surface area contributed by atoms with Gasteiger partial charge < -0.3 is 15.2 Å². The average Bonchev–Trinajstić information content (AvgIpc) is 2.36. The maximum Gasteiger partial charge on any atom is 0.235 e. The van der Waals surface area contributed by atoms with Gasteiger partial charge in [-0.15, -0.1) is 5.10 Å². The second-order valence-electron chi connectivity index (χ2n) is 4.30. The van der Waals surface area contributed by atoms with Gasteiger partial charge >= 0.3 is 0 Å². The predicted molar refractivity (Wildman–Crippen MR) is 67.3 cm³/mol. The molecule has 100 valence electrons. The van der Waals surface area contributed by atoms with Crippen LogP contribution < -0.4 is 10.1 Å². The number of anilines is 1. The zero-order valence-corrected chi connectivity index (χ0v) is 10.9. The highest BCUT2D eigenvalue weighted by atomic mass is 16.5. The van der Waals surface area contributed by atoms with Crippen molar-refractivity contribution in [1.29, 1.82) is 0 Å². The van der Waals surface area contributed by atoms with Gasteiger partial charge in [-0.25, -0.2) is 0 Å². The first-order chi connectivity index (χ1) is 8.52. The number of carbonyl (C=O) groups excluding carboxylic acids is 1. The number of amides is 1. The molecule has 0 saturated heterocycles. The van der Waals surface area contributed by atoms with Crippen LogP contribution >= 0.6 is 0 Å². The fourth-order valence-corrected chi connectivity index (χ4v) is 1.07. The van der Waals surface area contributed by atoms with Gasteiger partial charge in [0.15, 0.2) is 0 Å². The molecular weight excluding hydrogens is 234 g/mol. The molecule has 0 bridgehead atoms. The molecule has 1 aromatic rings. The van der Waals surface area contributed by atoms with Crippen molar-refractivity contribution >= 4 is 11.6 Å². The maximum absolute atomic E-state index is 11.5. The fraction of sp³-hybridized carbons (Fsp3) is 0.583. The molecular formula is C12H19N3O3. The van der Waals surface area contributed by atoms with Crippen LogP contribution in [0, 0.1) is 5.92 Å². The molecule has 0 unspecified atom stereocenters. The summed E-state index contributed by atoms with van der Waals surface area (Å²) in [4.78, 5) is 11.5. The van der Waals surface area contributed by atoms with Crippen LogP contribution in [-0.4, -0.2) is 33.9 Å². The van der Waals surface area contributed by atoms with E-state index < -0.39 is 6.10 Å². The van der Waals surface area contributed by atoms with Gasteiger partial charge in [0.25, 0.3) is 0 Å². The summed E-state index contributed by atoms with van der Waals surface area (Å²) in [5.41, 5.74) is 0.532. The van der Waals surface area contributed by atoms with E-state index in [4.69, 9.17) is 4.74 Å². The van der Waals surface area contributed by atoms with E-state index in [0.29, 0.717) is 12.1 Å². The summed E-state index contributed by atoms with van der Waals surface area (Å²) < 4.78 is 5.27. The van der Waals surface area contributed by atoms with Crippen molar-refractivity contribution in [3.05, 3.63) is 12.3 Å². The molecule has 1 rings (SSSR count). The maximum atomic E-state index is 11.5. The largest absolute Gasteiger partial charge is 0.474 e. The molecule has 0 aliphatic rings. The van der Waals surface area contributed by atoms with Gasteiger partial charge in [-0.1, -0.05) is 20.8 Å². The second-order valence-corrected chi connectivity index (χ2v) is 4.30. The summed E-state index contributed by atoms with van der Waals surface area (Å²) >= 11 is 0. The number of hydrogen-bond donors (Lipinski definition) is 2. The second kappa shape index (κ2) is 6.90. The zero-order chi connectivity index (χ0) is 13.5. The Balaban J connectivity index is 2.59. The molecule has 0 aliphatic carbocycles. The van der Waals surface area contributed by atoms with E-state index in [1.807, 2.05) is 6.92 Å². The Morgan fingerprint density at radius 3 is 2.89 bits per heavy atom. The lowest BCUT2D eigenvalue weighted by atomic mass is 10.2. The van der Waals surface area contributed by atoms with E-state index in [-0.39, 0.29) is 24.3 Å². The summed E-state index contributed by atoms with van der Waals surface area (Å²) in [6.45, 7) is 5.63. The minimum absolute atomic E-state index is 0.0949. The predicted octanol–water partition coefficient (Wildman–Crippen LogP) is 1.22. The summed E-state index contributed by atoms with van der Waals surface area (Å²) in [7, 11) is 0. The van der Waals surface area contributed by atoms with Crippen molar-refractivity contribution in [3.63, 3.8) is 0 Å². The van der Waals surface area contributed by atoms with Crippen LogP contribution in [0.2, 0.25) is 0 Å². The molecule has 0 spiro atoms. The molecule has 18 heavy (non-hydrogen) atoms. The zero-order valence-electron chi connectivity index (χ0n) is 10.9. The van der Waals surface area contributed by atoms with Crippen molar-refractivity contribution in [1.82, 2.24) is 10.2 Å². The molecule has 0 saturated carbocycles. The van der Waals surface area contributed by atoms with E-state index in [1.54, 1.807) is 19.9 Å². The van der Waals surface area contributed by atoms with Crippen LogP contribution in [0.3, 0.4) is 0 Å². The highest BCUT2D eigenvalue weighted by Crippen LogP contribution is 2.13. The van der Waals surface area contributed by atoms with Gasteiger partial charge in [-0.3, -0.25) is 4.79 Å². The molecule has 0 aromatic carbocycles. The van der Waals surface area contributed by atoms with Crippen molar-refractivity contribution in [2.75, 3.05) is 11.9 Å². The van der Waals surface area contributed by atoms with Gasteiger partial charge in [0.2, 0.25) is 11.8 Å². The van der Waals surface area contributed by atoms with Crippen LogP contribution in [0.4, 0.5) is 5.69 Å². The number of rotatable bonds is 6. The lowest BCUT2D eigenvalue weighted by molar-refractivity contribution is -0.118. The van der Waals surface area contributed by atoms with Gasteiger partial charge in [0.05, 0.1) is 18.0 Å². The molecule has 1 aromatic heterocycles. The lowest BCUT2D eigenvalue weighted by Crippen LogP contribution is -2.19. The first-order valence-electron chi connectivity index (χ1n) is 5.97. The monoisotopic (exact) mass is 253 g/mol. The Labute approximate surface area is 106 Å². The number of carbonyl (C=O) groups is 1. The molecule has 2 N–H and O–H groups in total. The van der Waals surface area contributed by atoms with Crippen LogP contribution in [0.5, 0.6) is 5.88 Å². The van der Waals surface area contributed by atoms with Crippen molar-refractivity contribution in [3.8, 4) is 5.88 Å². The molecule has 1 atom stereocenters. The van der Waals surface area contributed by atoms with E-state index in [0.717, 1.165) is 0 Å². The van der Waals surface area contributed by atoms with Gasteiger partial charge in [0.1, 0.15) is 6.61 Å². The van der Waals surface area contributed by atoms with E-state index in [9.17, 15) is 9.90 Å². The Morgan fingerprint density at radius 1 is 1.56 bits per heavy atom. The smallest absolute Gasteiger partial charge is 0.235 e. The van der Waals surface area contributed by atoms with E-state index >= 15 is 0 Å². The Bertz CT molecular complexity index is 396. The van der Waals surface area contributed by atoms with Crippen LogP contribution in [0.15, 0.2) is 12.3 Å². The minimum Gasteiger partial charge on any atom is -0.474 e. The van der Waals surface area contributed by atoms with Gasteiger partial charge in [-0.2, -0.15) is 5.10 Å². The van der Waals surface area contributed by atoms with Crippen LogP contribution in [-0.2, 0) is 4.79 Å². The number of nitrogens with zero attached hydrogens (tertiary/aromatic N) is 2. The average molecular weight is 253 g/mol.